The van der Waals surface area contributed by atoms with Crippen molar-refractivity contribution in [2.45, 2.75) is 39.2 Å². The molecular weight excluding hydrogens is 352 g/mol. The number of guanidine groups is 1. The number of likely N-dealkylation sites (N-methyl/N-ethyl adjacent to an activating group) is 1. The molecule has 1 unspecified atom stereocenters. The zero-order chi connectivity index (χ0) is 20.2. The van der Waals surface area contributed by atoms with Gasteiger partial charge in [-0.1, -0.05) is 26.0 Å². The summed E-state index contributed by atoms with van der Waals surface area (Å²) in [5.41, 5.74) is 1.25. The molecule has 0 amide bonds. The van der Waals surface area contributed by atoms with E-state index in [0.29, 0.717) is 0 Å². The topological polar surface area (TPSA) is 58.1 Å². The van der Waals surface area contributed by atoms with Gasteiger partial charge in [0.2, 0.25) is 0 Å². The highest BCUT2D eigenvalue weighted by Crippen LogP contribution is 2.28. The summed E-state index contributed by atoms with van der Waals surface area (Å²) in [6.45, 7) is 9.77. The van der Waals surface area contributed by atoms with Crippen molar-refractivity contribution in [1.29, 1.82) is 0 Å². The third-order valence-electron chi connectivity index (χ3n) is 5.23. The maximum atomic E-state index is 5.69. The molecule has 0 aromatic heterocycles. The number of methoxy groups -OCH3 is 1. The Morgan fingerprint density at radius 2 is 2.04 bits per heavy atom. The fourth-order valence-corrected chi connectivity index (χ4v) is 3.30. The Hall–Kier alpha value is -1.79. The molecule has 0 radical (unpaired) electrons. The fraction of sp³-hybridized carbons (Fsp3) is 0.682. The second kappa shape index (κ2) is 12.6. The Labute approximate surface area is 170 Å². The molecule has 0 heterocycles. The van der Waals surface area contributed by atoms with Crippen molar-refractivity contribution in [3.05, 3.63) is 29.8 Å². The zero-order valence-corrected chi connectivity index (χ0v) is 18.0. The van der Waals surface area contributed by atoms with Gasteiger partial charge in [-0.25, -0.2) is 0 Å². The van der Waals surface area contributed by atoms with Gasteiger partial charge >= 0.3 is 0 Å². The third-order valence-corrected chi connectivity index (χ3v) is 5.23. The first-order chi connectivity index (χ1) is 13.7. The maximum Gasteiger partial charge on any atom is 0.191 e. The molecule has 2 rings (SSSR count). The van der Waals surface area contributed by atoms with Crippen molar-refractivity contribution >= 4 is 5.96 Å². The van der Waals surface area contributed by atoms with Crippen LogP contribution in [0.3, 0.4) is 0 Å². The summed E-state index contributed by atoms with van der Waals surface area (Å²) in [7, 11) is 3.53. The van der Waals surface area contributed by atoms with Crippen LogP contribution in [0.4, 0.5) is 0 Å². The van der Waals surface area contributed by atoms with Gasteiger partial charge in [0.25, 0.3) is 0 Å². The van der Waals surface area contributed by atoms with Crippen molar-refractivity contribution in [3.63, 3.8) is 0 Å². The van der Waals surface area contributed by atoms with Gasteiger partial charge in [-0.15, -0.1) is 0 Å². The average Bonchev–Trinajstić information content (AvgIpc) is 3.56. The van der Waals surface area contributed by atoms with Crippen LogP contribution in [0.5, 0.6) is 5.75 Å². The predicted molar refractivity (Wildman–Crippen MR) is 116 cm³/mol. The minimum Gasteiger partial charge on any atom is -0.497 e. The van der Waals surface area contributed by atoms with E-state index in [4.69, 9.17) is 9.47 Å². The molecule has 6 heteroatoms. The van der Waals surface area contributed by atoms with Gasteiger partial charge in [-0.2, -0.15) is 0 Å². The molecule has 28 heavy (non-hydrogen) atoms. The van der Waals surface area contributed by atoms with Crippen LogP contribution in [-0.4, -0.2) is 64.4 Å². The number of nitrogens with one attached hydrogen (secondary N) is 2. The van der Waals surface area contributed by atoms with E-state index in [0.717, 1.165) is 63.4 Å². The van der Waals surface area contributed by atoms with Crippen LogP contribution in [0.1, 0.15) is 44.7 Å². The molecule has 1 saturated carbocycles. The number of hydrogen-bond acceptors (Lipinski definition) is 4. The summed E-state index contributed by atoms with van der Waals surface area (Å²) in [5, 5.41) is 6.88. The third kappa shape index (κ3) is 7.68. The lowest BCUT2D eigenvalue weighted by Crippen LogP contribution is -2.43. The normalized spacial score (nSPS) is 15.5. The SMILES string of the molecule is CCN(CC)C(CNC(=NC)NCCCOCC1CC1)c1cccc(OC)c1. The second-order valence-electron chi connectivity index (χ2n) is 7.27. The molecule has 1 aliphatic rings. The number of hydrogen-bond donors (Lipinski definition) is 2. The zero-order valence-electron chi connectivity index (χ0n) is 18.0. The number of aliphatic imine (C=N–C) groups is 1. The van der Waals surface area contributed by atoms with E-state index in [1.165, 1.54) is 18.4 Å². The lowest BCUT2D eigenvalue weighted by molar-refractivity contribution is 0.123. The van der Waals surface area contributed by atoms with Crippen LogP contribution in [-0.2, 0) is 4.74 Å². The number of ether oxygens (including phenoxy) is 2. The molecular formula is C22H38N4O2. The van der Waals surface area contributed by atoms with Gasteiger partial charge in [0, 0.05) is 33.4 Å². The van der Waals surface area contributed by atoms with Gasteiger partial charge in [-0.05, 0) is 56.0 Å². The molecule has 1 atom stereocenters. The Morgan fingerprint density at radius 1 is 1.25 bits per heavy atom. The monoisotopic (exact) mass is 390 g/mol. The summed E-state index contributed by atoms with van der Waals surface area (Å²) < 4.78 is 11.1. The van der Waals surface area contributed by atoms with Gasteiger partial charge < -0.3 is 20.1 Å². The smallest absolute Gasteiger partial charge is 0.191 e. The summed E-state index contributed by atoms with van der Waals surface area (Å²) in [4.78, 5) is 6.81. The van der Waals surface area contributed by atoms with Crippen molar-refractivity contribution in [1.82, 2.24) is 15.5 Å². The number of rotatable bonds is 13. The lowest BCUT2D eigenvalue weighted by atomic mass is 10.0. The molecule has 6 nitrogen and oxygen atoms in total. The molecule has 1 aliphatic carbocycles. The highest BCUT2D eigenvalue weighted by molar-refractivity contribution is 5.79. The van der Waals surface area contributed by atoms with Crippen molar-refractivity contribution < 1.29 is 9.47 Å². The Balaban J connectivity index is 1.83. The molecule has 1 fully saturated rings. The average molecular weight is 391 g/mol. The van der Waals surface area contributed by atoms with Crippen LogP contribution in [0.15, 0.2) is 29.3 Å². The molecule has 1 aromatic carbocycles. The fourth-order valence-electron chi connectivity index (χ4n) is 3.30. The van der Waals surface area contributed by atoms with Crippen LogP contribution in [0.2, 0.25) is 0 Å². The maximum absolute atomic E-state index is 5.69. The van der Waals surface area contributed by atoms with Crippen LogP contribution < -0.4 is 15.4 Å². The van der Waals surface area contributed by atoms with E-state index < -0.39 is 0 Å². The molecule has 1 aromatic rings. The van der Waals surface area contributed by atoms with Crippen LogP contribution >= 0.6 is 0 Å². The van der Waals surface area contributed by atoms with E-state index >= 15 is 0 Å². The standard InChI is InChI=1S/C22H38N4O2/c1-5-26(6-2)21(19-9-7-10-20(15-19)27-4)16-25-22(23-3)24-13-8-14-28-17-18-11-12-18/h7,9-10,15,18,21H,5-6,8,11-14,16-17H2,1-4H3,(H2,23,24,25). The van der Waals surface area contributed by atoms with E-state index in [-0.39, 0.29) is 6.04 Å². The Morgan fingerprint density at radius 3 is 2.68 bits per heavy atom. The van der Waals surface area contributed by atoms with Gasteiger partial charge in [0.1, 0.15) is 5.75 Å². The van der Waals surface area contributed by atoms with E-state index in [1.54, 1.807) is 7.11 Å². The van der Waals surface area contributed by atoms with Gasteiger partial charge in [0.15, 0.2) is 5.96 Å². The largest absolute Gasteiger partial charge is 0.497 e. The predicted octanol–water partition coefficient (Wildman–Crippen LogP) is 3.06. The van der Waals surface area contributed by atoms with E-state index in [9.17, 15) is 0 Å². The molecule has 0 spiro atoms. The van der Waals surface area contributed by atoms with Crippen molar-refractivity contribution in [2.24, 2.45) is 10.9 Å². The first kappa shape index (κ1) is 22.5. The first-order valence-corrected chi connectivity index (χ1v) is 10.6. The minimum atomic E-state index is 0.255. The summed E-state index contributed by atoms with van der Waals surface area (Å²) in [6, 6.07) is 8.59. The Kier molecular flexibility index (Phi) is 10.1. The highest BCUT2D eigenvalue weighted by atomic mass is 16.5. The number of nitrogens with zero attached hydrogens (tertiary/aromatic N) is 2. The van der Waals surface area contributed by atoms with E-state index in [2.05, 4.69) is 52.6 Å². The quantitative estimate of drug-likeness (QED) is 0.308. The molecule has 2 N–H and O–H groups in total. The number of benzene rings is 1. The second-order valence-corrected chi connectivity index (χ2v) is 7.27. The van der Waals surface area contributed by atoms with Crippen molar-refractivity contribution in [3.8, 4) is 5.75 Å². The Bertz CT molecular complexity index is 586. The first-order valence-electron chi connectivity index (χ1n) is 10.6. The molecule has 0 saturated heterocycles. The lowest BCUT2D eigenvalue weighted by Gasteiger charge is -2.31. The summed E-state index contributed by atoms with van der Waals surface area (Å²) in [6.07, 6.45) is 3.67. The van der Waals surface area contributed by atoms with Crippen LogP contribution in [0.25, 0.3) is 0 Å². The van der Waals surface area contributed by atoms with E-state index in [1.807, 2.05) is 13.1 Å². The molecule has 158 valence electrons. The van der Waals surface area contributed by atoms with Gasteiger partial charge in [-0.3, -0.25) is 9.89 Å². The van der Waals surface area contributed by atoms with Crippen LogP contribution in [0, 0.1) is 5.92 Å². The molecule has 0 bridgehead atoms. The minimum absolute atomic E-state index is 0.255. The van der Waals surface area contributed by atoms with Crippen molar-refractivity contribution in [2.75, 3.05) is 53.6 Å². The summed E-state index contributed by atoms with van der Waals surface area (Å²) >= 11 is 0. The highest BCUT2D eigenvalue weighted by Gasteiger charge is 2.21. The summed E-state index contributed by atoms with van der Waals surface area (Å²) in [5.74, 6) is 2.56. The molecule has 0 aliphatic heterocycles. The van der Waals surface area contributed by atoms with Gasteiger partial charge in [0.05, 0.1) is 13.2 Å².